The van der Waals surface area contributed by atoms with Crippen molar-refractivity contribution in [3.63, 3.8) is 0 Å². The van der Waals surface area contributed by atoms with E-state index in [9.17, 15) is 9.59 Å². The Morgan fingerprint density at radius 1 is 1.44 bits per heavy atom. The fourth-order valence-corrected chi connectivity index (χ4v) is 4.49. The highest BCUT2D eigenvalue weighted by Gasteiger charge is 2.48. The molecule has 0 saturated carbocycles. The largest absolute Gasteiger partial charge is 0.380 e. The molecular formula is C16H25N5O3S. The molecule has 25 heavy (non-hydrogen) atoms. The number of aryl methyl sites for hydroxylation is 1. The zero-order valence-corrected chi connectivity index (χ0v) is 15.8. The van der Waals surface area contributed by atoms with Gasteiger partial charge in [-0.2, -0.15) is 0 Å². The third-order valence-corrected chi connectivity index (χ3v) is 6.04. The van der Waals surface area contributed by atoms with Crippen LogP contribution < -0.4 is 0 Å². The first-order chi connectivity index (χ1) is 11.9. The molecule has 0 aromatic carbocycles. The van der Waals surface area contributed by atoms with Gasteiger partial charge in [-0.1, -0.05) is 11.8 Å². The first-order valence-corrected chi connectivity index (χ1v) is 9.50. The van der Waals surface area contributed by atoms with Crippen molar-refractivity contribution in [1.29, 1.82) is 0 Å². The molecule has 1 spiro atoms. The Hall–Kier alpha value is -1.61. The summed E-state index contributed by atoms with van der Waals surface area (Å²) in [5, 5.41) is 7.39. The summed E-state index contributed by atoms with van der Waals surface area (Å²) in [6.07, 6.45) is 2.23. The van der Waals surface area contributed by atoms with E-state index in [2.05, 4.69) is 15.2 Å². The summed E-state index contributed by atoms with van der Waals surface area (Å²) < 4.78 is 5.51. The summed E-state index contributed by atoms with van der Waals surface area (Å²) in [7, 11) is 3.53. The van der Waals surface area contributed by atoms with Crippen molar-refractivity contribution < 1.29 is 14.3 Å². The molecule has 9 heteroatoms. The number of ether oxygens (including phenoxy) is 1. The molecule has 138 valence electrons. The van der Waals surface area contributed by atoms with E-state index in [-0.39, 0.29) is 23.3 Å². The fourth-order valence-electron chi connectivity index (χ4n) is 3.75. The topological polar surface area (TPSA) is 91.4 Å². The zero-order valence-electron chi connectivity index (χ0n) is 14.9. The molecule has 2 aliphatic rings. The van der Waals surface area contributed by atoms with Crippen LogP contribution in [0.4, 0.5) is 0 Å². The second-order valence-corrected chi connectivity index (χ2v) is 7.84. The number of methoxy groups -OCH3 is 1. The Morgan fingerprint density at radius 2 is 2.16 bits per heavy atom. The summed E-state index contributed by atoms with van der Waals surface area (Å²) >= 11 is 1.34. The summed E-state index contributed by atoms with van der Waals surface area (Å²) in [6.45, 7) is 3.70. The molecule has 0 bridgehead atoms. The molecule has 1 aromatic heterocycles. The lowest BCUT2D eigenvalue weighted by Gasteiger charge is -2.47. The van der Waals surface area contributed by atoms with Gasteiger partial charge in [0.2, 0.25) is 17.0 Å². The monoisotopic (exact) mass is 367 g/mol. The van der Waals surface area contributed by atoms with Gasteiger partial charge < -0.3 is 14.5 Å². The van der Waals surface area contributed by atoms with Gasteiger partial charge in [0.15, 0.2) is 0 Å². The summed E-state index contributed by atoms with van der Waals surface area (Å²) in [4.78, 5) is 32.9. The van der Waals surface area contributed by atoms with Gasteiger partial charge in [0.05, 0.1) is 17.3 Å². The number of H-pyrrole nitrogens is 1. The number of rotatable bonds is 4. The Kier molecular flexibility index (Phi) is 5.33. The number of nitrogens with one attached hydrogen (secondary N) is 1. The van der Waals surface area contributed by atoms with E-state index in [1.165, 1.54) is 11.8 Å². The highest BCUT2D eigenvalue weighted by Crippen LogP contribution is 2.41. The summed E-state index contributed by atoms with van der Waals surface area (Å²) in [6, 6.07) is 0. The van der Waals surface area contributed by atoms with Crippen molar-refractivity contribution in [1.82, 2.24) is 25.0 Å². The maximum Gasteiger partial charge on any atom is 0.233 e. The number of aromatic nitrogens is 3. The molecule has 0 radical (unpaired) electrons. The van der Waals surface area contributed by atoms with Crippen LogP contribution in [0.2, 0.25) is 0 Å². The van der Waals surface area contributed by atoms with Crippen LogP contribution in [0.25, 0.3) is 0 Å². The lowest BCUT2D eigenvalue weighted by atomic mass is 9.71. The Balaban J connectivity index is 1.55. The number of amides is 2. The second-order valence-electron chi connectivity index (χ2n) is 6.90. The Labute approximate surface area is 151 Å². The number of piperidine rings is 2. The van der Waals surface area contributed by atoms with Crippen molar-refractivity contribution in [2.24, 2.45) is 5.41 Å². The number of carbonyl (C=O) groups excluding carboxylic acids is 2. The van der Waals surface area contributed by atoms with Crippen molar-refractivity contribution in [2.45, 2.75) is 37.4 Å². The minimum absolute atomic E-state index is 0.0715. The Morgan fingerprint density at radius 3 is 2.76 bits per heavy atom. The second kappa shape index (κ2) is 7.33. The van der Waals surface area contributed by atoms with E-state index in [1.807, 2.05) is 18.9 Å². The number of hydrogen-bond acceptors (Lipinski definition) is 6. The molecular weight excluding hydrogens is 342 g/mol. The van der Waals surface area contributed by atoms with Crippen LogP contribution in [0.15, 0.2) is 5.16 Å². The standard InChI is InChI=1S/C16H25N5O3S/c1-11-17-15(19-18-11)25-10-13(22)21-6-4-16(5-7-21)8-12(24-3)9-20(2)14(16)23/h12H,4-10H2,1-3H3,(H,17,18,19). The number of carbonyl (C=O) groups is 2. The number of likely N-dealkylation sites (tertiary alicyclic amines) is 2. The van der Waals surface area contributed by atoms with E-state index in [4.69, 9.17) is 4.74 Å². The van der Waals surface area contributed by atoms with Gasteiger partial charge in [0.25, 0.3) is 0 Å². The first-order valence-electron chi connectivity index (χ1n) is 8.51. The lowest BCUT2D eigenvalue weighted by Crippen LogP contribution is -2.57. The smallest absolute Gasteiger partial charge is 0.233 e. The average molecular weight is 367 g/mol. The normalized spacial score (nSPS) is 23.3. The van der Waals surface area contributed by atoms with Crippen LogP contribution in [0.5, 0.6) is 0 Å². The molecule has 1 aromatic rings. The summed E-state index contributed by atoms with van der Waals surface area (Å²) in [5.74, 6) is 1.32. The third kappa shape index (κ3) is 3.82. The van der Waals surface area contributed by atoms with Crippen LogP contribution in [0.3, 0.4) is 0 Å². The van der Waals surface area contributed by atoms with Crippen molar-refractivity contribution in [3.8, 4) is 0 Å². The predicted molar refractivity (Wildman–Crippen MR) is 93.1 cm³/mol. The fraction of sp³-hybridized carbons (Fsp3) is 0.750. The molecule has 2 amide bonds. The number of likely N-dealkylation sites (N-methyl/N-ethyl adjacent to an activating group) is 1. The van der Waals surface area contributed by atoms with Gasteiger partial charge in [0, 0.05) is 33.8 Å². The van der Waals surface area contributed by atoms with Crippen LogP contribution in [-0.2, 0) is 14.3 Å². The predicted octanol–water partition coefficient (Wildman–Crippen LogP) is 0.691. The first kappa shape index (κ1) is 18.2. The van der Waals surface area contributed by atoms with E-state index in [1.54, 1.807) is 12.0 Å². The molecule has 3 heterocycles. The highest BCUT2D eigenvalue weighted by atomic mass is 32.2. The number of nitrogens with zero attached hydrogens (tertiary/aromatic N) is 4. The van der Waals surface area contributed by atoms with Crippen molar-refractivity contribution in [2.75, 3.05) is 39.5 Å². The number of hydrogen-bond donors (Lipinski definition) is 1. The van der Waals surface area contributed by atoms with Gasteiger partial charge in [-0.15, -0.1) is 5.10 Å². The quantitative estimate of drug-likeness (QED) is 0.788. The zero-order chi connectivity index (χ0) is 18.0. The van der Waals surface area contributed by atoms with Crippen molar-refractivity contribution in [3.05, 3.63) is 5.82 Å². The van der Waals surface area contributed by atoms with Gasteiger partial charge in [-0.05, 0) is 26.2 Å². The maximum atomic E-state index is 12.7. The number of thioether (sulfide) groups is 1. The van der Waals surface area contributed by atoms with E-state index in [0.717, 1.165) is 12.2 Å². The molecule has 0 aliphatic carbocycles. The minimum Gasteiger partial charge on any atom is -0.380 e. The lowest BCUT2D eigenvalue weighted by molar-refractivity contribution is -0.157. The van der Waals surface area contributed by atoms with E-state index >= 15 is 0 Å². The highest BCUT2D eigenvalue weighted by molar-refractivity contribution is 7.99. The maximum absolute atomic E-state index is 12.7. The van der Waals surface area contributed by atoms with Crippen molar-refractivity contribution >= 4 is 23.6 Å². The van der Waals surface area contributed by atoms with Crippen LogP contribution in [0.1, 0.15) is 25.1 Å². The van der Waals surface area contributed by atoms with Crippen LogP contribution >= 0.6 is 11.8 Å². The number of aromatic amines is 1. The van der Waals surface area contributed by atoms with Gasteiger partial charge >= 0.3 is 0 Å². The van der Waals surface area contributed by atoms with Crippen LogP contribution in [-0.4, -0.2) is 82.4 Å². The molecule has 2 aliphatic heterocycles. The molecule has 2 saturated heterocycles. The molecule has 1 atom stereocenters. The third-order valence-electron chi connectivity index (χ3n) is 5.20. The molecule has 3 rings (SSSR count). The minimum atomic E-state index is -0.377. The van der Waals surface area contributed by atoms with Crippen LogP contribution in [0, 0.1) is 12.3 Å². The molecule has 1 unspecified atom stereocenters. The van der Waals surface area contributed by atoms with E-state index in [0.29, 0.717) is 43.4 Å². The molecule has 8 nitrogen and oxygen atoms in total. The molecule has 1 N–H and O–H groups in total. The average Bonchev–Trinajstić information content (AvgIpc) is 3.03. The SMILES string of the molecule is COC1CN(C)C(=O)C2(CCN(C(=O)CSc3n[nH]c(C)n3)CC2)C1. The van der Waals surface area contributed by atoms with Gasteiger partial charge in [-0.25, -0.2) is 4.98 Å². The van der Waals surface area contributed by atoms with Gasteiger partial charge in [0.1, 0.15) is 5.82 Å². The van der Waals surface area contributed by atoms with E-state index < -0.39 is 0 Å². The summed E-state index contributed by atoms with van der Waals surface area (Å²) in [5.41, 5.74) is -0.377. The molecule has 2 fully saturated rings. The van der Waals surface area contributed by atoms with Gasteiger partial charge in [-0.3, -0.25) is 14.7 Å². The Bertz CT molecular complexity index is 641.